The number of hydrogen-bond donors (Lipinski definition) is 1. The number of hydrogen-bond acceptors (Lipinski definition) is 6. The Hall–Kier alpha value is -2.64. The van der Waals surface area contributed by atoms with Gasteiger partial charge in [-0.3, -0.25) is 4.79 Å². The van der Waals surface area contributed by atoms with Gasteiger partial charge in [0.25, 0.3) is 0 Å². The minimum absolute atomic E-state index is 0.0585. The highest BCUT2D eigenvalue weighted by Gasteiger charge is 2.18. The molecule has 0 aliphatic rings. The van der Waals surface area contributed by atoms with Crippen LogP contribution < -0.4 is 5.32 Å². The zero-order valence-corrected chi connectivity index (χ0v) is 16.2. The Morgan fingerprint density at radius 2 is 2.07 bits per heavy atom. The Balaban J connectivity index is 1.57. The molecule has 0 aliphatic heterocycles. The Kier molecular flexibility index (Phi) is 5.22. The number of carbonyl (C=O) groups excluding carboxylic acids is 1. The van der Waals surface area contributed by atoms with Crippen molar-refractivity contribution in [3.8, 4) is 10.7 Å². The van der Waals surface area contributed by atoms with Crippen molar-refractivity contribution in [2.24, 2.45) is 0 Å². The topological polar surface area (TPSA) is 68.0 Å². The maximum absolute atomic E-state index is 12.5. The highest BCUT2D eigenvalue weighted by Crippen LogP contribution is 2.32. The Bertz CT molecular complexity index is 1050. The molecule has 0 saturated carbocycles. The number of nitrogens with one attached hydrogen (secondary N) is 1. The standard InChI is InChI=1S/C20H17N3O2S2/c1-13(19(24)21-12-14-6-4-10-25-14)27-20-15-7-2-3-8-16(15)22-18(23-20)17-9-5-11-26-17/h2-11,13H,12H2,1H3,(H,21,24). The molecule has 0 bridgehead atoms. The van der Waals surface area contributed by atoms with Crippen LogP contribution in [0.4, 0.5) is 0 Å². The smallest absolute Gasteiger partial charge is 0.233 e. The number of aromatic nitrogens is 2. The summed E-state index contributed by atoms with van der Waals surface area (Å²) >= 11 is 3.04. The molecule has 4 rings (SSSR count). The van der Waals surface area contributed by atoms with Crippen LogP contribution in [0, 0.1) is 0 Å². The highest BCUT2D eigenvalue weighted by molar-refractivity contribution is 8.00. The van der Waals surface area contributed by atoms with Gasteiger partial charge in [-0.05, 0) is 36.6 Å². The molecule has 3 heterocycles. The summed E-state index contributed by atoms with van der Waals surface area (Å²) in [5, 5.41) is 6.37. The second-order valence-corrected chi connectivity index (χ2v) is 8.18. The van der Waals surface area contributed by atoms with Gasteiger partial charge in [-0.2, -0.15) is 0 Å². The number of nitrogens with zero attached hydrogens (tertiary/aromatic N) is 2. The Labute approximate surface area is 164 Å². The van der Waals surface area contributed by atoms with Crippen molar-refractivity contribution in [2.75, 3.05) is 0 Å². The largest absolute Gasteiger partial charge is 0.467 e. The third-order valence-corrected chi connectivity index (χ3v) is 5.95. The van der Waals surface area contributed by atoms with Crippen LogP contribution in [-0.4, -0.2) is 21.1 Å². The van der Waals surface area contributed by atoms with E-state index in [-0.39, 0.29) is 11.2 Å². The number of fused-ring (bicyclic) bond motifs is 1. The summed E-state index contributed by atoms with van der Waals surface area (Å²) in [5.41, 5.74) is 0.876. The molecule has 7 heteroatoms. The molecular weight excluding hydrogens is 378 g/mol. The van der Waals surface area contributed by atoms with Crippen LogP contribution in [0.25, 0.3) is 21.6 Å². The monoisotopic (exact) mass is 395 g/mol. The summed E-state index contributed by atoms with van der Waals surface area (Å²) in [6.45, 7) is 2.26. The first-order valence-electron chi connectivity index (χ1n) is 8.48. The average Bonchev–Trinajstić information content (AvgIpc) is 3.39. The van der Waals surface area contributed by atoms with Crippen LogP contribution in [0.1, 0.15) is 12.7 Å². The van der Waals surface area contributed by atoms with Crippen molar-refractivity contribution in [3.05, 3.63) is 65.9 Å². The van der Waals surface area contributed by atoms with Gasteiger partial charge < -0.3 is 9.73 Å². The molecule has 1 amide bonds. The van der Waals surface area contributed by atoms with E-state index in [1.807, 2.05) is 54.8 Å². The van der Waals surface area contributed by atoms with E-state index in [4.69, 9.17) is 9.40 Å². The molecule has 1 aromatic carbocycles. The number of thiophene rings is 1. The zero-order chi connectivity index (χ0) is 18.6. The summed E-state index contributed by atoms with van der Waals surface area (Å²) in [4.78, 5) is 22.9. The van der Waals surface area contributed by atoms with Crippen LogP contribution >= 0.6 is 23.1 Å². The Morgan fingerprint density at radius 3 is 2.85 bits per heavy atom. The van der Waals surface area contributed by atoms with Gasteiger partial charge in [0, 0.05) is 5.39 Å². The fraction of sp³-hybridized carbons (Fsp3) is 0.150. The van der Waals surface area contributed by atoms with Gasteiger partial charge in [0.1, 0.15) is 10.8 Å². The molecule has 3 aromatic heterocycles. The van der Waals surface area contributed by atoms with Crippen LogP contribution in [0.5, 0.6) is 0 Å². The van der Waals surface area contributed by atoms with Gasteiger partial charge in [-0.15, -0.1) is 11.3 Å². The number of carbonyl (C=O) groups is 1. The van der Waals surface area contributed by atoms with E-state index in [9.17, 15) is 4.79 Å². The molecule has 0 fully saturated rings. The van der Waals surface area contributed by atoms with E-state index < -0.39 is 0 Å². The third kappa shape index (κ3) is 4.04. The van der Waals surface area contributed by atoms with Gasteiger partial charge in [-0.1, -0.05) is 36.0 Å². The molecule has 5 nitrogen and oxygen atoms in total. The van der Waals surface area contributed by atoms with E-state index in [0.717, 1.165) is 26.6 Å². The van der Waals surface area contributed by atoms with Crippen molar-refractivity contribution in [3.63, 3.8) is 0 Å². The first-order chi connectivity index (χ1) is 13.2. The summed E-state index contributed by atoms with van der Waals surface area (Å²) in [5.74, 6) is 1.36. The number of amides is 1. The molecule has 4 aromatic rings. The predicted octanol–water partition coefficient (Wildman–Crippen LogP) is 4.75. The lowest BCUT2D eigenvalue weighted by molar-refractivity contribution is -0.120. The third-order valence-electron chi connectivity index (χ3n) is 3.98. The zero-order valence-electron chi connectivity index (χ0n) is 14.6. The van der Waals surface area contributed by atoms with E-state index in [0.29, 0.717) is 12.4 Å². The van der Waals surface area contributed by atoms with Crippen LogP contribution in [0.15, 0.2) is 69.6 Å². The van der Waals surface area contributed by atoms with Crippen molar-refractivity contribution in [1.82, 2.24) is 15.3 Å². The lowest BCUT2D eigenvalue weighted by atomic mass is 10.2. The molecule has 1 atom stereocenters. The summed E-state index contributed by atoms with van der Waals surface area (Å²) in [7, 11) is 0. The molecule has 1 N–H and O–H groups in total. The average molecular weight is 396 g/mol. The van der Waals surface area contributed by atoms with E-state index in [1.54, 1.807) is 23.7 Å². The lowest BCUT2D eigenvalue weighted by Gasteiger charge is -2.13. The molecule has 0 radical (unpaired) electrons. The summed E-state index contributed by atoms with van der Waals surface area (Å²) in [6.07, 6.45) is 1.60. The molecule has 0 aliphatic carbocycles. The van der Waals surface area contributed by atoms with Crippen molar-refractivity contribution in [2.45, 2.75) is 23.7 Å². The van der Waals surface area contributed by atoms with E-state index in [1.165, 1.54) is 11.8 Å². The lowest BCUT2D eigenvalue weighted by Crippen LogP contribution is -2.30. The first kappa shape index (κ1) is 17.8. The maximum Gasteiger partial charge on any atom is 0.233 e. The molecular formula is C20H17N3O2S2. The quantitative estimate of drug-likeness (QED) is 0.377. The fourth-order valence-electron chi connectivity index (χ4n) is 2.61. The molecule has 0 saturated heterocycles. The number of para-hydroxylation sites is 1. The van der Waals surface area contributed by atoms with E-state index in [2.05, 4.69) is 10.3 Å². The van der Waals surface area contributed by atoms with Crippen molar-refractivity contribution in [1.29, 1.82) is 0 Å². The SMILES string of the molecule is CC(Sc1nc(-c2cccs2)nc2ccccc12)C(=O)NCc1ccco1. The van der Waals surface area contributed by atoms with Gasteiger partial charge in [-0.25, -0.2) is 9.97 Å². The first-order valence-corrected chi connectivity index (χ1v) is 10.2. The maximum atomic E-state index is 12.5. The second kappa shape index (κ2) is 7.94. The second-order valence-electron chi connectivity index (χ2n) is 5.90. The normalized spacial score (nSPS) is 12.2. The van der Waals surface area contributed by atoms with Gasteiger partial charge >= 0.3 is 0 Å². The number of furan rings is 1. The number of rotatable bonds is 6. The van der Waals surface area contributed by atoms with Crippen molar-refractivity contribution >= 4 is 39.9 Å². The minimum atomic E-state index is -0.297. The number of benzene rings is 1. The fourth-order valence-corrected chi connectivity index (χ4v) is 4.23. The van der Waals surface area contributed by atoms with Crippen LogP contribution in [0.2, 0.25) is 0 Å². The van der Waals surface area contributed by atoms with Crippen LogP contribution in [0.3, 0.4) is 0 Å². The molecule has 1 unspecified atom stereocenters. The Morgan fingerprint density at radius 1 is 1.19 bits per heavy atom. The van der Waals surface area contributed by atoms with E-state index >= 15 is 0 Å². The molecule has 0 spiro atoms. The molecule has 27 heavy (non-hydrogen) atoms. The predicted molar refractivity (Wildman–Crippen MR) is 109 cm³/mol. The molecule has 136 valence electrons. The van der Waals surface area contributed by atoms with Gasteiger partial charge in [0.05, 0.1) is 28.5 Å². The number of thioether (sulfide) groups is 1. The summed E-state index contributed by atoms with van der Waals surface area (Å²) in [6, 6.07) is 15.5. The van der Waals surface area contributed by atoms with Crippen LogP contribution in [-0.2, 0) is 11.3 Å². The van der Waals surface area contributed by atoms with Gasteiger partial charge in [0.15, 0.2) is 5.82 Å². The minimum Gasteiger partial charge on any atom is -0.467 e. The summed E-state index contributed by atoms with van der Waals surface area (Å²) < 4.78 is 5.26. The highest BCUT2D eigenvalue weighted by atomic mass is 32.2. The van der Waals surface area contributed by atoms with Gasteiger partial charge in [0.2, 0.25) is 5.91 Å². The van der Waals surface area contributed by atoms with Crippen molar-refractivity contribution < 1.29 is 9.21 Å².